The maximum atomic E-state index is 13.0. The third-order valence-electron chi connectivity index (χ3n) is 6.22. The monoisotopic (exact) mass is 562 g/mol. The maximum Gasteiger partial charge on any atom is 0.410 e. The highest BCUT2D eigenvalue weighted by atomic mass is 32.2. The first kappa shape index (κ1) is 26.4. The molecule has 2 amide bonds. The summed E-state index contributed by atoms with van der Waals surface area (Å²) in [7, 11) is -3.69. The molecule has 2 heterocycles. The van der Waals surface area contributed by atoms with Gasteiger partial charge in [0.15, 0.2) is 5.13 Å². The number of nitrogens with one attached hydrogen (secondary N) is 2. The molecule has 1 aliphatic rings. The number of aromatic nitrogens is 1. The maximum absolute atomic E-state index is 13.0. The van der Waals surface area contributed by atoms with Crippen molar-refractivity contribution in [2.24, 2.45) is 0 Å². The van der Waals surface area contributed by atoms with E-state index in [4.69, 9.17) is 4.74 Å². The normalized spacial score (nSPS) is 15.1. The van der Waals surface area contributed by atoms with Gasteiger partial charge in [0.2, 0.25) is 5.91 Å². The highest BCUT2D eigenvalue weighted by Crippen LogP contribution is 2.28. The van der Waals surface area contributed by atoms with Crippen LogP contribution in [0.3, 0.4) is 0 Å². The minimum atomic E-state index is -3.69. The van der Waals surface area contributed by atoms with Gasteiger partial charge in [-0.3, -0.25) is 14.4 Å². The molecule has 0 bridgehead atoms. The van der Waals surface area contributed by atoms with E-state index >= 15 is 0 Å². The molecule has 0 radical (unpaired) electrons. The van der Waals surface area contributed by atoms with Crippen molar-refractivity contribution < 1.29 is 22.7 Å². The van der Waals surface area contributed by atoms with E-state index in [9.17, 15) is 18.0 Å². The van der Waals surface area contributed by atoms with Crippen molar-refractivity contribution in [1.82, 2.24) is 9.88 Å². The van der Waals surface area contributed by atoms with Crippen molar-refractivity contribution in [3.8, 4) is 11.3 Å². The zero-order chi connectivity index (χ0) is 27.2. The average molecular weight is 563 g/mol. The Morgan fingerprint density at radius 2 is 1.67 bits per heavy atom. The number of thiazole rings is 1. The summed E-state index contributed by atoms with van der Waals surface area (Å²) in [6.07, 6.45) is 0.742. The standard InChI is InChI=1S/C28H26N4O5S2/c33-26(25-12-7-17-32(25)28(34)37-18-20-8-3-1-4-9-20)30-27-29-24(19-38-27)21-13-15-22(16-14-21)31-39(35,36)23-10-5-2-6-11-23/h1-6,8-11,13-16,19,25,31H,7,12,17-18H2,(H,29,30,33). The molecule has 0 saturated carbocycles. The Balaban J connectivity index is 1.18. The van der Waals surface area contributed by atoms with Crippen LogP contribution in [0.1, 0.15) is 18.4 Å². The predicted octanol–water partition coefficient (Wildman–Crippen LogP) is 5.35. The van der Waals surface area contributed by atoms with Crippen molar-refractivity contribution >= 4 is 44.2 Å². The van der Waals surface area contributed by atoms with E-state index in [0.29, 0.717) is 35.9 Å². The molecule has 200 valence electrons. The minimum Gasteiger partial charge on any atom is -0.445 e. The Hall–Kier alpha value is -4.22. The number of nitrogens with zero attached hydrogens (tertiary/aromatic N) is 2. The van der Waals surface area contributed by atoms with Gasteiger partial charge in [-0.25, -0.2) is 18.2 Å². The third kappa shape index (κ3) is 6.44. The zero-order valence-corrected chi connectivity index (χ0v) is 22.5. The van der Waals surface area contributed by atoms with Crippen molar-refractivity contribution in [2.75, 3.05) is 16.6 Å². The fourth-order valence-corrected chi connectivity index (χ4v) is 6.04. The number of hydrogen-bond donors (Lipinski definition) is 2. The van der Waals surface area contributed by atoms with Crippen LogP contribution in [-0.2, 0) is 26.2 Å². The molecule has 1 aliphatic heterocycles. The zero-order valence-electron chi connectivity index (χ0n) is 20.8. The Labute approximate surface area is 230 Å². The number of sulfonamides is 1. The number of amides is 2. The summed E-state index contributed by atoms with van der Waals surface area (Å²) in [4.78, 5) is 31.8. The number of rotatable bonds is 8. The molecule has 1 atom stereocenters. The van der Waals surface area contributed by atoms with Crippen LogP contribution in [0, 0.1) is 0 Å². The summed E-state index contributed by atoms with van der Waals surface area (Å²) in [6.45, 7) is 0.599. The van der Waals surface area contributed by atoms with Crippen LogP contribution in [0.25, 0.3) is 11.3 Å². The van der Waals surface area contributed by atoms with Gasteiger partial charge in [0.1, 0.15) is 12.6 Å². The highest BCUT2D eigenvalue weighted by Gasteiger charge is 2.35. The average Bonchev–Trinajstić information content (AvgIpc) is 3.63. The number of carbonyl (C=O) groups is 2. The van der Waals surface area contributed by atoms with E-state index in [1.165, 1.54) is 28.4 Å². The fraction of sp³-hybridized carbons (Fsp3) is 0.179. The SMILES string of the molecule is O=C(Nc1nc(-c2ccc(NS(=O)(=O)c3ccccc3)cc2)cs1)C1CCCN1C(=O)OCc1ccccc1. The van der Waals surface area contributed by atoms with Gasteiger partial charge in [0.25, 0.3) is 10.0 Å². The number of benzene rings is 3. The number of ether oxygens (including phenoxy) is 1. The molecule has 5 rings (SSSR count). The summed E-state index contributed by atoms with van der Waals surface area (Å²) >= 11 is 1.27. The van der Waals surface area contributed by atoms with Crippen LogP contribution in [0.2, 0.25) is 0 Å². The molecule has 1 saturated heterocycles. The number of likely N-dealkylation sites (tertiary alicyclic amines) is 1. The van der Waals surface area contributed by atoms with Crippen LogP contribution in [0.5, 0.6) is 0 Å². The molecule has 11 heteroatoms. The first-order valence-electron chi connectivity index (χ1n) is 12.3. The van der Waals surface area contributed by atoms with Gasteiger partial charge >= 0.3 is 6.09 Å². The lowest BCUT2D eigenvalue weighted by molar-refractivity contribution is -0.120. The van der Waals surface area contributed by atoms with Crippen molar-refractivity contribution in [2.45, 2.75) is 30.4 Å². The van der Waals surface area contributed by atoms with E-state index < -0.39 is 22.2 Å². The lowest BCUT2D eigenvalue weighted by atomic mass is 10.1. The second-order valence-electron chi connectivity index (χ2n) is 8.91. The molecule has 39 heavy (non-hydrogen) atoms. The smallest absolute Gasteiger partial charge is 0.410 e. The largest absolute Gasteiger partial charge is 0.445 e. The second kappa shape index (κ2) is 11.7. The van der Waals surface area contributed by atoms with Gasteiger partial charge in [-0.15, -0.1) is 11.3 Å². The summed E-state index contributed by atoms with van der Waals surface area (Å²) in [5, 5.41) is 5.04. The van der Waals surface area contributed by atoms with E-state index in [0.717, 1.165) is 11.1 Å². The molecular weight excluding hydrogens is 536 g/mol. The van der Waals surface area contributed by atoms with Crippen LogP contribution < -0.4 is 10.0 Å². The molecule has 0 aliphatic carbocycles. The summed E-state index contributed by atoms with van der Waals surface area (Å²) < 4.78 is 33.1. The molecule has 3 aromatic carbocycles. The number of hydrogen-bond acceptors (Lipinski definition) is 7. The lowest BCUT2D eigenvalue weighted by Crippen LogP contribution is -2.43. The van der Waals surface area contributed by atoms with Crippen LogP contribution in [0.4, 0.5) is 15.6 Å². The van der Waals surface area contributed by atoms with Crippen molar-refractivity contribution in [1.29, 1.82) is 0 Å². The number of carbonyl (C=O) groups excluding carboxylic acids is 2. The summed E-state index contributed by atoms with van der Waals surface area (Å²) in [5.74, 6) is -0.310. The molecule has 2 N–H and O–H groups in total. The molecule has 4 aromatic rings. The van der Waals surface area contributed by atoms with Crippen molar-refractivity contribution in [3.05, 3.63) is 95.9 Å². The van der Waals surface area contributed by atoms with Gasteiger partial charge in [-0.2, -0.15) is 0 Å². The Morgan fingerprint density at radius 3 is 2.38 bits per heavy atom. The Kier molecular flexibility index (Phi) is 7.89. The molecule has 1 aromatic heterocycles. The molecule has 0 spiro atoms. The first-order chi connectivity index (χ1) is 18.9. The van der Waals surface area contributed by atoms with Crippen LogP contribution in [-0.4, -0.2) is 42.9 Å². The second-order valence-corrected chi connectivity index (χ2v) is 11.5. The van der Waals surface area contributed by atoms with E-state index in [1.54, 1.807) is 47.8 Å². The summed E-state index contributed by atoms with van der Waals surface area (Å²) in [6, 6.07) is 23.7. The Morgan fingerprint density at radius 1 is 0.974 bits per heavy atom. The molecular formula is C28H26N4O5S2. The van der Waals surface area contributed by atoms with E-state index in [1.807, 2.05) is 30.3 Å². The lowest BCUT2D eigenvalue weighted by Gasteiger charge is -2.22. The van der Waals surface area contributed by atoms with Gasteiger partial charge in [-0.05, 0) is 42.7 Å². The predicted molar refractivity (Wildman–Crippen MR) is 150 cm³/mol. The van der Waals surface area contributed by atoms with Gasteiger partial charge in [-0.1, -0.05) is 60.7 Å². The van der Waals surface area contributed by atoms with Crippen molar-refractivity contribution in [3.63, 3.8) is 0 Å². The quantitative estimate of drug-likeness (QED) is 0.299. The molecule has 1 fully saturated rings. The number of anilines is 2. The van der Waals surface area contributed by atoms with Crippen LogP contribution in [0.15, 0.2) is 95.2 Å². The van der Waals surface area contributed by atoms with E-state index in [2.05, 4.69) is 15.0 Å². The topological polar surface area (TPSA) is 118 Å². The fourth-order valence-electron chi connectivity index (χ4n) is 4.24. The highest BCUT2D eigenvalue weighted by molar-refractivity contribution is 7.92. The minimum absolute atomic E-state index is 0.146. The van der Waals surface area contributed by atoms with E-state index in [-0.39, 0.29) is 17.4 Å². The van der Waals surface area contributed by atoms with Gasteiger partial charge in [0, 0.05) is 23.2 Å². The van der Waals surface area contributed by atoms with Gasteiger partial charge < -0.3 is 10.1 Å². The molecule has 9 nitrogen and oxygen atoms in total. The van der Waals surface area contributed by atoms with Gasteiger partial charge in [0.05, 0.1) is 10.6 Å². The third-order valence-corrected chi connectivity index (χ3v) is 8.37. The summed E-state index contributed by atoms with van der Waals surface area (Å²) in [5.41, 5.74) is 2.70. The van der Waals surface area contributed by atoms with Crippen LogP contribution >= 0.6 is 11.3 Å². The molecule has 1 unspecified atom stereocenters. The Bertz CT molecular complexity index is 1540. The first-order valence-corrected chi connectivity index (χ1v) is 14.7.